The molecule has 17 rings (SSSR count). The van der Waals surface area contributed by atoms with Gasteiger partial charge in [0.25, 0.3) is 0 Å². The third-order valence-electron chi connectivity index (χ3n) is 18.6. The maximum absolute atomic E-state index is 10.1. The first kappa shape index (κ1) is 58.0. The fraction of sp³-hybridized carbons (Fsp3) is 0. The number of benzene rings is 14. The van der Waals surface area contributed by atoms with Crippen molar-refractivity contribution in [3.63, 3.8) is 0 Å². The summed E-state index contributed by atoms with van der Waals surface area (Å²) in [4.78, 5) is 16.7. The van der Waals surface area contributed by atoms with Crippen LogP contribution in [0.1, 0.15) is 16.7 Å². The molecule has 0 radical (unpaired) electrons. The van der Waals surface area contributed by atoms with E-state index in [1.807, 2.05) is 109 Å². The first-order chi connectivity index (χ1) is 48.4. The molecule has 98 heavy (non-hydrogen) atoms. The van der Waals surface area contributed by atoms with Gasteiger partial charge in [-0.2, -0.15) is 15.8 Å². The molecular formula is C90H54N8. The van der Waals surface area contributed by atoms with E-state index in [0.29, 0.717) is 34.2 Å². The van der Waals surface area contributed by atoms with Crippen LogP contribution in [-0.4, -0.2) is 24.1 Å². The summed E-state index contributed by atoms with van der Waals surface area (Å²) in [5, 5.41) is 34.3. The van der Waals surface area contributed by atoms with E-state index in [-0.39, 0.29) is 0 Å². The zero-order valence-corrected chi connectivity index (χ0v) is 52.8. The van der Waals surface area contributed by atoms with Crippen molar-refractivity contribution in [2.45, 2.75) is 0 Å². The molecule has 0 saturated carbocycles. The Kier molecular flexibility index (Phi) is 14.5. The number of hydrogen-bond acceptors (Lipinski definition) is 6. The molecule has 3 heterocycles. The molecule has 0 aliphatic rings. The highest BCUT2D eigenvalue weighted by Crippen LogP contribution is 2.43. The first-order valence-corrected chi connectivity index (χ1v) is 32.4. The Hall–Kier alpha value is -13.8. The number of fused-ring (bicyclic) bond motifs is 6. The Bertz CT molecular complexity index is 5580. The van der Waals surface area contributed by atoms with E-state index in [1.165, 1.54) is 0 Å². The summed E-state index contributed by atoms with van der Waals surface area (Å²) >= 11 is 0. The zero-order chi connectivity index (χ0) is 65.6. The second kappa shape index (κ2) is 24.6. The summed E-state index contributed by atoms with van der Waals surface area (Å²) in [6.45, 7) is 0. The lowest BCUT2D eigenvalue weighted by Gasteiger charge is -2.16. The smallest absolute Gasteiger partial charge is 0.164 e. The average molecular weight is 1250 g/mol. The first-order valence-electron chi connectivity index (χ1n) is 32.4. The molecule has 8 heteroatoms. The summed E-state index contributed by atoms with van der Waals surface area (Å²) in [6.07, 6.45) is 0. The van der Waals surface area contributed by atoms with E-state index in [2.05, 4.69) is 246 Å². The van der Waals surface area contributed by atoms with Gasteiger partial charge in [0.2, 0.25) is 0 Å². The minimum absolute atomic E-state index is 0.438. The van der Waals surface area contributed by atoms with Gasteiger partial charge < -0.3 is 9.13 Å². The van der Waals surface area contributed by atoms with Crippen LogP contribution >= 0.6 is 0 Å². The summed E-state index contributed by atoms with van der Waals surface area (Å²) in [5.74, 6) is 1.33. The molecule has 0 fully saturated rings. The Morgan fingerprint density at radius 1 is 0.194 bits per heavy atom. The second-order valence-electron chi connectivity index (χ2n) is 24.6. The lowest BCUT2D eigenvalue weighted by Crippen LogP contribution is -2.03. The summed E-state index contributed by atoms with van der Waals surface area (Å²) in [7, 11) is 0. The van der Waals surface area contributed by atoms with Gasteiger partial charge in [0.15, 0.2) is 17.5 Å². The van der Waals surface area contributed by atoms with Gasteiger partial charge in [0.05, 0.1) is 57.0 Å². The normalized spacial score (nSPS) is 11.2. The van der Waals surface area contributed by atoms with E-state index in [4.69, 9.17) is 15.0 Å². The highest BCUT2D eigenvalue weighted by Gasteiger charge is 2.23. The minimum atomic E-state index is 0.438. The topological polar surface area (TPSA) is 120 Å². The second-order valence-corrected chi connectivity index (χ2v) is 24.6. The minimum Gasteiger partial charge on any atom is -0.309 e. The van der Waals surface area contributed by atoms with Gasteiger partial charge in [0.1, 0.15) is 0 Å². The summed E-state index contributed by atoms with van der Waals surface area (Å²) < 4.78 is 4.69. The molecule has 0 aliphatic heterocycles. The molecule has 454 valence electrons. The van der Waals surface area contributed by atoms with Gasteiger partial charge in [-0.3, -0.25) is 0 Å². The Balaban J connectivity index is 0.922. The van der Waals surface area contributed by atoms with E-state index in [9.17, 15) is 15.8 Å². The van der Waals surface area contributed by atoms with Crippen LogP contribution in [0.4, 0.5) is 0 Å². The Morgan fingerprint density at radius 3 is 0.745 bits per heavy atom. The largest absolute Gasteiger partial charge is 0.309 e. The molecule has 17 aromatic rings. The molecule has 0 atom stereocenters. The third-order valence-corrected chi connectivity index (χ3v) is 18.6. The zero-order valence-electron chi connectivity index (χ0n) is 52.8. The standard InChI is InChI=1S/C90H54N8/c91-55-58-24-30-65(31-25-58)68-22-13-23-73(44-68)88-94-89(76-45-74(66-32-26-59(56-92)27-33-66)47-78(49-76)97-84-40-36-69(61-14-5-1-6-15-61)51-80(84)81-52-70(37-41-85(81)97)62-16-7-2-8-17-62)96-90(95-88)77-46-75(67-34-28-60(57-93)29-35-67)48-79(50-77)98-86-42-38-71(63-18-9-3-10-19-63)53-82(86)83-54-72(39-43-87(83)98)64-20-11-4-12-21-64/h1-54H. The van der Waals surface area contributed by atoms with Crippen molar-refractivity contribution in [2.75, 3.05) is 0 Å². The van der Waals surface area contributed by atoms with Crippen LogP contribution in [0, 0.1) is 34.0 Å². The highest BCUT2D eigenvalue weighted by atomic mass is 15.0. The van der Waals surface area contributed by atoms with Gasteiger partial charge in [0, 0.05) is 49.6 Å². The van der Waals surface area contributed by atoms with Gasteiger partial charge >= 0.3 is 0 Å². The number of aromatic nitrogens is 5. The van der Waals surface area contributed by atoms with Crippen LogP contribution < -0.4 is 0 Å². The van der Waals surface area contributed by atoms with Crippen molar-refractivity contribution in [3.8, 4) is 142 Å². The van der Waals surface area contributed by atoms with E-state index >= 15 is 0 Å². The Labute approximate surface area is 566 Å². The molecule has 0 spiro atoms. The van der Waals surface area contributed by atoms with E-state index in [1.54, 1.807) is 0 Å². The van der Waals surface area contributed by atoms with Crippen molar-refractivity contribution in [1.29, 1.82) is 15.8 Å². The molecule has 0 unspecified atom stereocenters. The van der Waals surface area contributed by atoms with Crippen LogP contribution in [0.15, 0.2) is 328 Å². The van der Waals surface area contributed by atoms with Crippen molar-refractivity contribution in [3.05, 3.63) is 344 Å². The molecule has 3 aromatic heterocycles. The van der Waals surface area contributed by atoms with Crippen molar-refractivity contribution in [2.24, 2.45) is 0 Å². The maximum atomic E-state index is 10.1. The monoisotopic (exact) mass is 1250 g/mol. The number of hydrogen-bond donors (Lipinski definition) is 0. The van der Waals surface area contributed by atoms with Crippen molar-refractivity contribution < 1.29 is 0 Å². The highest BCUT2D eigenvalue weighted by molar-refractivity contribution is 6.13. The maximum Gasteiger partial charge on any atom is 0.164 e. The lowest BCUT2D eigenvalue weighted by molar-refractivity contribution is 1.07. The fourth-order valence-electron chi connectivity index (χ4n) is 13.7. The van der Waals surface area contributed by atoms with Crippen LogP contribution in [0.2, 0.25) is 0 Å². The van der Waals surface area contributed by atoms with E-state index in [0.717, 1.165) is 150 Å². The molecule has 0 N–H and O–H groups in total. The van der Waals surface area contributed by atoms with Crippen LogP contribution in [0.3, 0.4) is 0 Å². The number of rotatable bonds is 12. The summed E-state index contributed by atoms with van der Waals surface area (Å²) in [5.41, 5.74) is 24.2. The molecule has 0 aliphatic carbocycles. The molecule has 8 nitrogen and oxygen atoms in total. The Morgan fingerprint density at radius 2 is 0.429 bits per heavy atom. The van der Waals surface area contributed by atoms with E-state index < -0.39 is 0 Å². The average Bonchev–Trinajstić information content (AvgIpc) is 1.59. The number of nitriles is 3. The fourth-order valence-corrected chi connectivity index (χ4v) is 13.7. The number of nitrogens with zero attached hydrogens (tertiary/aromatic N) is 8. The predicted octanol–water partition coefficient (Wildman–Crippen LogP) is 22.4. The van der Waals surface area contributed by atoms with Crippen LogP contribution in [-0.2, 0) is 0 Å². The van der Waals surface area contributed by atoms with Crippen LogP contribution in [0.5, 0.6) is 0 Å². The molecule has 0 saturated heterocycles. The van der Waals surface area contributed by atoms with Gasteiger partial charge in [-0.05, 0) is 205 Å². The third kappa shape index (κ3) is 10.8. The molecule has 0 amide bonds. The van der Waals surface area contributed by atoms with Gasteiger partial charge in [-0.15, -0.1) is 0 Å². The lowest BCUT2D eigenvalue weighted by atomic mass is 9.99. The predicted molar refractivity (Wildman–Crippen MR) is 397 cm³/mol. The van der Waals surface area contributed by atoms with Crippen molar-refractivity contribution >= 4 is 43.6 Å². The summed E-state index contributed by atoms with van der Waals surface area (Å²) in [6, 6.07) is 120. The van der Waals surface area contributed by atoms with Crippen LogP contribution in [0.25, 0.3) is 167 Å². The quantitative estimate of drug-likeness (QED) is 0.120. The molecular weight excluding hydrogens is 1190 g/mol. The van der Waals surface area contributed by atoms with Gasteiger partial charge in [-0.25, -0.2) is 15.0 Å². The SMILES string of the molecule is N#Cc1ccc(-c2cccc(-c3nc(-c4cc(-c5ccc(C#N)cc5)cc(-n5c6ccc(-c7ccccc7)cc6c6cc(-c7ccccc7)ccc65)c4)nc(-c4cc(-c5ccc(C#N)cc5)cc(-n5c6ccc(-c7ccccc7)cc6c6cc(-c7ccccc7)ccc65)c4)n3)c2)cc1. The molecule has 0 bridgehead atoms. The van der Waals surface area contributed by atoms with Crippen molar-refractivity contribution in [1.82, 2.24) is 24.1 Å². The van der Waals surface area contributed by atoms with Gasteiger partial charge in [-0.1, -0.05) is 200 Å². The molecule has 14 aromatic carbocycles.